The third kappa shape index (κ3) is 6.88. The summed E-state index contributed by atoms with van der Waals surface area (Å²) in [7, 11) is -3.90. The van der Waals surface area contributed by atoms with Gasteiger partial charge in [-0.2, -0.15) is 0 Å². The number of ether oxygens (including phenoxy) is 1. The van der Waals surface area contributed by atoms with Crippen LogP contribution in [0.25, 0.3) is 0 Å². The van der Waals surface area contributed by atoms with E-state index in [1.54, 1.807) is 37.3 Å². The summed E-state index contributed by atoms with van der Waals surface area (Å²) < 4.78 is 28.7. The highest BCUT2D eigenvalue weighted by Crippen LogP contribution is 2.19. The van der Waals surface area contributed by atoms with E-state index in [2.05, 4.69) is 17.6 Å². The summed E-state index contributed by atoms with van der Waals surface area (Å²) in [5, 5.41) is 10.2. The van der Waals surface area contributed by atoms with Crippen LogP contribution in [0.4, 0.5) is 5.69 Å². The number of primary sulfonamides is 1. The Morgan fingerprint density at radius 3 is 2.41 bits per heavy atom. The van der Waals surface area contributed by atoms with E-state index < -0.39 is 21.8 Å². The number of anilines is 1. The molecule has 0 aliphatic heterocycles. The fourth-order valence-corrected chi connectivity index (χ4v) is 3.30. The molecule has 0 aliphatic rings. The van der Waals surface area contributed by atoms with Gasteiger partial charge in [0.15, 0.2) is 0 Å². The molecule has 2 rings (SSSR count). The van der Waals surface area contributed by atoms with Gasteiger partial charge in [0.25, 0.3) is 5.91 Å². The van der Waals surface area contributed by atoms with Crippen LogP contribution in [0.2, 0.25) is 0 Å². The lowest BCUT2D eigenvalue weighted by atomic mass is 10.2. The molecule has 0 aromatic heterocycles. The molecule has 0 spiro atoms. The fraction of sp³-hybridized carbons (Fsp3) is 0.300. The lowest BCUT2D eigenvalue weighted by Gasteiger charge is -2.10. The Morgan fingerprint density at radius 1 is 1.10 bits per heavy atom. The van der Waals surface area contributed by atoms with Crippen molar-refractivity contribution in [3.8, 4) is 5.75 Å². The highest BCUT2D eigenvalue weighted by molar-refractivity contribution is 7.89. The number of sulfonamides is 1. The van der Waals surface area contributed by atoms with Crippen LogP contribution < -0.4 is 20.5 Å². The Balaban J connectivity index is 1.90. The van der Waals surface area contributed by atoms with Crippen LogP contribution in [-0.2, 0) is 14.8 Å². The predicted octanol–water partition coefficient (Wildman–Crippen LogP) is 2.19. The molecule has 0 unspecified atom stereocenters. The zero-order valence-corrected chi connectivity index (χ0v) is 17.2. The summed E-state index contributed by atoms with van der Waals surface area (Å²) in [5.74, 6) is -0.228. The van der Waals surface area contributed by atoms with Crippen LogP contribution >= 0.6 is 0 Å². The molecule has 9 heteroatoms. The molecule has 0 atom stereocenters. The Hall–Kier alpha value is -2.91. The minimum Gasteiger partial charge on any atom is -0.494 e. The minimum absolute atomic E-state index is 0.0689. The van der Waals surface area contributed by atoms with Crippen LogP contribution in [0.3, 0.4) is 0 Å². The number of aryl methyl sites for hydroxylation is 1. The number of nitrogens with two attached hydrogens (primary N) is 1. The molecule has 2 aromatic rings. The third-order valence-corrected chi connectivity index (χ3v) is 5.12. The molecule has 2 amide bonds. The first kappa shape index (κ1) is 22.4. The Morgan fingerprint density at radius 2 is 1.79 bits per heavy atom. The lowest BCUT2D eigenvalue weighted by Crippen LogP contribution is -2.32. The average molecular weight is 420 g/mol. The summed E-state index contributed by atoms with van der Waals surface area (Å²) >= 11 is 0. The number of nitrogens with one attached hydrogen (secondary N) is 2. The molecule has 0 aliphatic carbocycles. The number of benzene rings is 2. The van der Waals surface area contributed by atoms with Crippen LogP contribution in [0, 0.1) is 6.92 Å². The van der Waals surface area contributed by atoms with Crippen molar-refractivity contribution >= 4 is 27.5 Å². The highest BCUT2D eigenvalue weighted by atomic mass is 32.2. The first-order chi connectivity index (χ1) is 13.7. The van der Waals surface area contributed by atoms with Gasteiger partial charge in [-0.15, -0.1) is 0 Å². The number of amides is 2. The number of hydrogen-bond acceptors (Lipinski definition) is 5. The van der Waals surface area contributed by atoms with Crippen molar-refractivity contribution in [1.29, 1.82) is 0 Å². The van der Waals surface area contributed by atoms with E-state index in [0.29, 0.717) is 23.5 Å². The maximum atomic E-state index is 12.2. The van der Waals surface area contributed by atoms with E-state index in [1.165, 1.54) is 12.1 Å². The molecule has 0 fully saturated rings. The second-order valence-corrected chi connectivity index (χ2v) is 8.01. The zero-order chi connectivity index (χ0) is 21.4. The summed E-state index contributed by atoms with van der Waals surface area (Å²) in [4.78, 5) is 24.2. The third-order valence-electron chi connectivity index (χ3n) is 4.07. The second kappa shape index (κ2) is 10.0. The van der Waals surface area contributed by atoms with E-state index in [1.807, 2.05) is 0 Å². The molecule has 0 heterocycles. The van der Waals surface area contributed by atoms with Gasteiger partial charge in [-0.3, -0.25) is 9.59 Å². The van der Waals surface area contributed by atoms with Crippen LogP contribution in [0.5, 0.6) is 5.75 Å². The number of hydrogen-bond donors (Lipinski definition) is 3. The van der Waals surface area contributed by atoms with Crippen molar-refractivity contribution in [2.24, 2.45) is 5.14 Å². The van der Waals surface area contributed by atoms with Gasteiger partial charge in [-0.25, -0.2) is 13.6 Å². The van der Waals surface area contributed by atoms with Crippen molar-refractivity contribution < 1.29 is 22.7 Å². The number of unbranched alkanes of at least 4 members (excludes halogenated alkanes) is 1. The number of carbonyl (C=O) groups is 2. The molecule has 4 N–H and O–H groups in total. The van der Waals surface area contributed by atoms with Crippen LogP contribution in [0.1, 0.15) is 35.7 Å². The zero-order valence-electron chi connectivity index (χ0n) is 16.4. The Bertz CT molecular complexity index is 972. The summed E-state index contributed by atoms with van der Waals surface area (Å²) in [6.07, 6.45) is 1.99. The summed E-state index contributed by atoms with van der Waals surface area (Å²) in [6.45, 7) is 4.02. The Labute approximate surface area is 170 Å². The maximum Gasteiger partial charge on any atom is 0.251 e. The maximum absolute atomic E-state index is 12.2. The van der Waals surface area contributed by atoms with E-state index in [4.69, 9.17) is 9.88 Å². The lowest BCUT2D eigenvalue weighted by molar-refractivity contribution is -0.115. The number of carbonyl (C=O) groups excluding carboxylic acids is 2. The first-order valence-electron chi connectivity index (χ1n) is 9.15. The van der Waals surface area contributed by atoms with Gasteiger partial charge in [-0.05, 0) is 55.3 Å². The topological polar surface area (TPSA) is 128 Å². The molecule has 0 radical (unpaired) electrons. The average Bonchev–Trinajstić information content (AvgIpc) is 2.67. The van der Waals surface area contributed by atoms with Crippen molar-refractivity contribution in [3.05, 3.63) is 53.6 Å². The van der Waals surface area contributed by atoms with Gasteiger partial charge in [0.1, 0.15) is 5.75 Å². The van der Waals surface area contributed by atoms with E-state index in [-0.39, 0.29) is 17.1 Å². The molecule has 8 nitrogen and oxygen atoms in total. The van der Waals surface area contributed by atoms with Gasteiger partial charge >= 0.3 is 0 Å². The molecular formula is C20H25N3O5S. The van der Waals surface area contributed by atoms with Crippen molar-refractivity contribution in [2.75, 3.05) is 18.5 Å². The van der Waals surface area contributed by atoms with Gasteiger partial charge < -0.3 is 15.4 Å². The SMILES string of the molecule is CCCCOc1ccc(C(=O)NCC(=O)Nc2ccc(C)c(S(N)(=O)=O)c2)cc1. The van der Waals surface area contributed by atoms with E-state index in [0.717, 1.165) is 12.8 Å². The molecule has 2 aromatic carbocycles. The van der Waals surface area contributed by atoms with Gasteiger partial charge in [0, 0.05) is 11.3 Å². The number of rotatable bonds is 9. The van der Waals surface area contributed by atoms with Crippen molar-refractivity contribution in [1.82, 2.24) is 5.32 Å². The van der Waals surface area contributed by atoms with Gasteiger partial charge in [0.05, 0.1) is 18.0 Å². The monoisotopic (exact) mass is 419 g/mol. The van der Waals surface area contributed by atoms with Crippen molar-refractivity contribution in [3.63, 3.8) is 0 Å². The normalized spacial score (nSPS) is 11.0. The predicted molar refractivity (Wildman–Crippen MR) is 110 cm³/mol. The fourth-order valence-electron chi connectivity index (χ4n) is 2.49. The molecule has 0 bridgehead atoms. The summed E-state index contributed by atoms with van der Waals surface area (Å²) in [5.41, 5.74) is 1.14. The van der Waals surface area contributed by atoms with Crippen LogP contribution in [-0.4, -0.2) is 33.4 Å². The molecule has 29 heavy (non-hydrogen) atoms. The summed E-state index contributed by atoms with van der Waals surface area (Å²) in [6, 6.07) is 11.0. The molecular weight excluding hydrogens is 394 g/mol. The standard InChI is InChI=1S/C20H25N3O5S/c1-3-4-11-28-17-9-6-15(7-10-17)20(25)22-13-19(24)23-16-8-5-14(2)18(12-16)29(21,26)27/h5-10,12H,3-4,11,13H2,1-2H3,(H,22,25)(H,23,24)(H2,21,26,27). The highest BCUT2D eigenvalue weighted by Gasteiger charge is 2.14. The quantitative estimate of drug-likeness (QED) is 0.537. The van der Waals surface area contributed by atoms with Gasteiger partial charge in [-0.1, -0.05) is 19.4 Å². The first-order valence-corrected chi connectivity index (χ1v) is 10.7. The smallest absolute Gasteiger partial charge is 0.251 e. The minimum atomic E-state index is -3.90. The Kier molecular flexibility index (Phi) is 7.74. The molecule has 156 valence electrons. The van der Waals surface area contributed by atoms with Gasteiger partial charge in [0.2, 0.25) is 15.9 Å². The van der Waals surface area contributed by atoms with E-state index in [9.17, 15) is 18.0 Å². The molecule has 0 saturated heterocycles. The van der Waals surface area contributed by atoms with Crippen LogP contribution in [0.15, 0.2) is 47.4 Å². The second-order valence-electron chi connectivity index (χ2n) is 6.48. The molecule has 0 saturated carbocycles. The van der Waals surface area contributed by atoms with E-state index >= 15 is 0 Å². The largest absolute Gasteiger partial charge is 0.494 e. The van der Waals surface area contributed by atoms with Crippen molar-refractivity contribution in [2.45, 2.75) is 31.6 Å².